The standard InChI is InChI=1S/C15H16N2O3S/c18-10-11-4-5-13(8-11)17-21(19,20)15-3-1-2-12-9-16-7-6-14(12)15/h1-7,9,11,13,17-18H,8,10H2/t11-,13+/m0/s1. The number of rotatable bonds is 4. The molecule has 0 bridgehead atoms. The Morgan fingerprint density at radius 1 is 1.29 bits per heavy atom. The quantitative estimate of drug-likeness (QED) is 0.838. The van der Waals surface area contributed by atoms with Gasteiger partial charge in [0.2, 0.25) is 10.0 Å². The van der Waals surface area contributed by atoms with E-state index < -0.39 is 10.0 Å². The molecule has 0 unspecified atom stereocenters. The second-order valence-electron chi connectivity index (χ2n) is 5.14. The zero-order chi connectivity index (χ0) is 14.9. The Balaban J connectivity index is 1.93. The average Bonchev–Trinajstić information content (AvgIpc) is 2.93. The lowest BCUT2D eigenvalue weighted by atomic mass is 10.1. The number of nitrogens with zero attached hydrogens (tertiary/aromatic N) is 1. The van der Waals surface area contributed by atoms with Crippen LogP contribution >= 0.6 is 0 Å². The van der Waals surface area contributed by atoms with Gasteiger partial charge in [-0.05, 0) is 18.6 Å². The number of hydrogen-bond acceptors (Lipinski definition) is 4. The first-order valence-electron chi connectivity index (χ1n) is 6.74. The van der Waals surface area contributed by atoms with Crippen LogP contribution in [0.1, 0.15) is 6.42 Å². The van der Waals surface area contributed by atoms with Gasteiger partial charge < -0.3 is 5.11 Å². The number of fused-ring (bicyclic) bond motifs is 1. The number of nitrogens with one attached hydrogen (secondary N) is 1. The summed E-state index contributed by atoms with van der Waals surface area (Å²) in [7, 11) is -3.61. The van der Waals surface area contributed by atoms with E-state index in [-0.39, 0.29) is 23.5 Å². The molecule has 3 rings (SSSR count). The van der Waals surface area contributed by atoms with Crippen molar-refractivity contribution >= 4 is 20.8 Å². The number of aliphatic hydroxyl groups is 1. The molecule has 1 aliphatic carbocycles. The van der Waals surface area contributed by atoms with Gasteiger partial charge in [0.05, 0.1) is 4.90 Å². The molecule has 5 nitrogen and oxygen atoms in total. The van der Waals surface area contributed by atoms with Crippen molar-refractivity contribution in [3.05, 3.63) is 48.8 Å². The lowest BCUT2D eigenvalue weighted by Crippen LogP contribution is -2.33. The lowest BCUT2D eigenvalue weighted by molar-refractivity contribution is 0.248. The highest BCUT2D eigenvalue weighted by Crippen LogP contribution is 2.24. The first kappa shape index (κ1) is 14.2. The highest BCUT2D eigenvalue weighted by molar-refractivity contribution is 7.89. The van der Waals surface area contributed by atoms with Crippen LogP contribution in [0.2, 0.25) is 0 Å². The molecule has 1 aliphatic rings. The van der Waals surface area contributed by atoms with E-state index in [1.165, 1.54) is 0 Å². The fourth-order valence-electron chi connectivity index (χ4n) is 2.59. The number of pyridine rings is 1. The average molecular weight is 304 g/mol. The Hall–Kier alpha value is -1.76. The van der Waals surface area contributed by atoms with Crippen LogP contribution in [0.3, 0.4) is 0 Å². The third-order valence-corrected chi connectivity index (χ3v) is 5.19. The minimum atomic E-state index is -3.61. The van der Waals surface area contributed by atoms with Crippen LogP contribution in [0, 0.1) is 5.92 Å². The highest BCUT2D eigenvalue weighted by atomic mass is 32.2. The molecule has 2 aromatic rings. The monoisotopic (exact) mass is 304 g/mol. The second kappa shape index (κ2) is 5.55. The zero-order valence-corrected chi connectivity index (χ0v) is 12.1. The molecule has 0 spiro atoms. The van der Waals surface area contributed by atoms with Gasteiger partial charge in [-0.25, -0.2) is 13.1 Å². The van der Waals surface area contributed by atoms with Crippen molar-refractivity contribution in [2.45, 2.75) is 17.4 Å². The second-order valence-corrected chi connectivity index (χ2v) is 6.83. The first-order valence-corrected chi connectivity index (χ1v) is 8.23. The summed E-state index contributed by atoms with van der Waals surface area (Å²) in [6.07, 6.45) is 7.46. The van der Waals surface area contributed by atoms with E-state index in [0.29, 0.717) is 11.8 Å². The Bertz CT molecular complexity index is 781. The summed E-state index contributed by atoms with van der Waals surface area (Å²) in [5.74, 6) is 0.0226. The lowest BCUT2D eigenvalue weighted by Gasteiger charge is -2.14. The SMILES string of the molecule is O=S(=O)(N[C@@H]1C=C[C@H](CO)C1)c1cccc2cnccc12. The summed E-state index contributed by atoms with van der Waals surface area (Å²) in [5, 5.41) is 10.5. The molecule has 2 N–H and O–H groups in total. The Morgan fingerprint density at radius 3 is 2.90 bits per heavy atom. The van der Waals surface area contributed by atoms with Gasteiger partial charge in [0.25, 0.3) is 0 Å². The van der Waals surface area contributed by atoms with Crippen LogP contribution in [-0.2, 0) is 10.0 Å². The molecule has 1 aromatic heterocycles. The van der Waals surface area contributed by atoms with E-state index in [1.807, 2.05) is 12.1 Å². The number of aliphatic hydroxyl groups excluding tert-OH is 1. The van der Waals surface area contributed by atoms with Crippen molar-refractivity contribution in [3.63, 3.8) is 0 Å². The van der Waals surface area contributed by atoms with Gasteiger partial charge in [0, 0.05) is 41.7 Å². The third-order valence-electron chi connectivity index (χ3n) is 3.64. The summed E-state index contributed by atoms with van der Waals surface area (Å²) < 4.78 is 27.8. The smallest absolute Gasteiger partial charge is 0.241 e. The number of aromatic nitrogens is 1. The third kappa shape index (κ3) is 2.83. The molecule has 1 aromatic carbocycles. The van der Waals surface area contributed by atoms with Gasteiger partial charge in [-0.3, -0.25) is 4.98 Å². The number of sulfonamides is 1. The zero-order valence-electron chi connectivity index (χ0n) is 11.3. The van der Waals surface area contributed by atoms with Crippen molar-refractivity contribution in [3.8, 4) is 0 Å². The predicted molar refractivity (Wildman–Crippen MR) is 80.2 cm³/mol. The van der Waals surface area contributed by atoms with Crippen LogP contribution in [0.15, 0.2) is 53.7 Å². The fourth-order valence-corrected chi connectivity index (χ4v) is 4.02. The van der Waals surface area contributed by atoms with E-state index in [2.05, 4.69) is 9.71 Å². The van der Waals surface area contributed by atoms with E-state index in [0.717, 1.165) is 5.39 Å². The van der Waals surface area contributed by atoms with Crippen LogP contribution in [0.5, 0.6) is 0 Å². The number of hydrogen-bond donors (Lipinski definition) is 2. The van der Waals surface area contributed by atoms with Gasteiger partial charge in [0.1, 0.15) is 0 Å². The van der Waals surface area contributed by atoms with E-state index in [9.17, 15) is 8.42 Å². The molecule has 0 saturated heterocycles. The molecule has 0 aliphatic heterocycles. The Kier molecular flexibility index (Phi) is 3.75. The molecule has 6 heteroatoms. The predicted octanol–water partition coefficient (Wildman–Crippen LogP) is 1.45. The topological polar surface area (TPSA) is 79.3 Å². The van der Waals surface area contributed by atoms with Gasteiger partial charge in [0.15, 0.2) is 0 Å². The molecule has 0 amide bonds. The Labute approximate surface area is 123 Å². The van der Waals surface area contributed by atoms with Crippen molar-refractivity contribution in [2.24, 2.45) is 5.92 Å². The molecule has 1 heterocycles. The minimum Gasteiger partial charge on any atom is -0.396 e. The molecular weight excluding hydrogens is 288 g/mol. The Morgan fingerprint density at radius 2 is 2.14 bits per heavy atom. The van der Waals surface area contributed by atoms with Crippen molar-refractivity contribution < 1.29 is 13.5 Å². The molecule has 110 valence electrons. The van der Waals surface area contributed by atoms with E-state index in [4.69, 9.17) is 5.11 Å². The normalized spacial score (nSPS) is 22.0. The minimum absolute atomic E-state index is 0.0226. The summed E-state index contributed by atoms with van der Waals surface area (Å²) in [6.45, 7) is 0.0364. The maximum Gasteiger partial charge on any atom is 0.241 e. The largest absolute Gasteiger partial charge is 0.396 e. The van der Waals surface area contributed by atoms with Gasteiger partial charge >= 0.3 is 0 Å². The first-order chi connectivity index (χ1) is 10.1. The van der Waals surface area contributed by atoms with E-state index in [1.54, 1.807) is 36.7 Å². The molecule has 0 fully saturated rings. The maximum atomic E-state index is 12.6. The summed E-state index contributed by atoms with van der Waals surface area (Å²) in [5.41, 5.74) is 0. The van der Waals surface area contributed by atoms with Crippen molar-refractivity contribution in [2.75, 3.05) is 6.61 Å². The molecular formula is C15H16N2O3S. The summed E-state index contributed by atoms with van der Waals surface area (Å²) in [4.78, 5) is 4.26. The molecule has 21 heavy (non-hydrogen) atoms. The highest BCUT2D eigenvalue weighted by Gasteiger charge is 2.25. The molecule has 0 saturated carbocycles. The van der Waals surface area contributed by atoms with E-state index >= 15 is 0 Å². The number of benzene rings is 1. The van der Waals surface area contributed by atoms with Gasteiger partial charge in [-0.1, -0.05) is 24.3 Å². The van der Waals surface area contributed by atoms with Gasteiger partial charge in [-0.15, -0.1) is 0 Å². The summed E-state index contributed by atoms with van der Waals surface area (Å²) >= 11 is 0. The van der Waals surface area contributed by atoms with Crippen molar-refractivity contribution in [1.29, 1.82) is 0 Å². The van der Waals surface area contributed by atoms with Crippen LogP contribution < -0.4 is 4.72 Å². The maximum absolute atomic E-state index is 12.6. The van der Waals surface area contributed by atoms with Crippen LogP contribution in [0.25, 0.3) is 10.8 Å². The molecule has 2 atom stereocenters. The molecule has 0 radical (unpaired) electrons. The van der Waals surface area contributed by atoms with Gasteiger partial charge in [-0.2, -0.15) is 0 Å². The fraction of sp³-hybridized carbons (Fsp3) is 0.267. The summed E-state index contributed by atoms with van der Waals surface area (Å²) in [6, 6.07) is 6.56. The van der Waals surface area contributed by atoms with Crippen LogP contribution in [-0.4, -0.2) is 31.2 Å². The van der Waals surface area contributed by atoms with Crippen molar-refractivity contribution in [1.82, 2.24) is 9.71 Å². The van der Waals surface area contributed by atoms with Crippen LogP contribution in [0.4, 0.5) is 0 Å².